The Kier molecular flexibility index (Phi) is 4.77. The lowest BCUT2D eigenvalue weighted by Crippen LogP contribution is -2.26. The van der Waals surface area contributed by atoms with Crippen LogP contribution in [0.1, 0.15) is 32.1 Å². The van der Waals surface area contributed by atoms with Gasteiger partial charge in [-0.15, -0.1) is 0 Å². The largest absolute Gasteiger partial charge is 0.391 e. The summed E-state index contributed by atoms with van der Waals surface area (Å²) in [5.74, 6) is 0.707. The highest BCUT2D eigenvalue weighted by Gasteiger charge is 2.33. The third-order valence-electron chi connectivity index (χ3n) is 2.94. The monoisotopic (exact) mass is 242 g/mol. The summed E-state index contributed by atoms with van der Waals surface area (Å²) in [5, 5.41) is 0. The van der Waals surface area contributed by atoms with E-state index < -0.39 is 12.6 Å². The smallest absolute Gasteiger partial charge is 0.380 e. The zero-order chi connectivity index (χ0) is 11.4. The maximum Gasteiger partial charge on any atom is 0.391 e. The van der Waals surface area contributed by atoms with Gasteiger partial charge in [-0.25, -0.2) is 0 Å². The molecule has 0 heterocycles. The lowest BCUT2D eigenvalue weighted by atomic mass is 9.90. The standard InChI is InChI=1S/C10H17F3OS/c11-10(12,13)5-6-14-7-9(8-15)3-1-2-4-9/h15H,1-8H2. The summed E-state index contributed by atoms with van der Waals surface area (Å²) in [6.07, 6.45) is -0.614. The Morgan fingerprint density at radius 2 is 1.80 bits per heavy atom. The zero-order valence-electron chi connectivity index (χ0n) is 8.65. The Bertz CT molecular complexity index is 188. The molecule has 0 aliphatic heterocycles. The molecule has 0 saturated heterocycles. The number of thiol groups is 1. The first kappa shape index (κ1) is 13.2. The first-order valence-corrected chi connectivity index (χ1v) is 5.86. The van der Waals surface area contributed by atoms with E-state index in [-0.39, 0.29) is 12.0 Å². The first-order valence-electron chi connectivity index (χ1n) is 5.23. The van der Waals surface area contributed by atoms with Crippen molar-refractivity contribution in [1.29, 1.82) is 0 Å². The van der Waals surface area contributed by atoms with Crippen LogP contribution in [0.5, 0.6) is 0 Å². The molecule has 1 aliphatic rings. The molecule has 1 rings (SSSR count). The van der Waals surface area contributed by atoms with Crippen LogP contribution >= 0.6 is 12.6 Å². The number of halogens is 3. The summed E-state index contributed by atoms with van der Waals surface area (Å²) in [6, 6.07) is 0. The molecule has 0 amide bonds. The second-order valence-electron chi connectivity index (χ2n) is 4.28. The van der Waals surface area contributed by atoms with Crippen molar-refractivity contribution in [3.63, 3.8) is 0 Å². The van der Waals surface area contributed by atoms with Crippen molar-refractivity contribution < 1.29 is 17.9 Å². The molecule has 15 heavy (non-hydrogen) atoms. The molecule has 0 radical (unpaired) electrons. The molecule has 1 fully saturated rings. The molecule has 0 aromatic carbocycles. The van der Waals surface area contributed by atoms with Gasteiger partial charge in [0.1, 0.15) is 0 Å². The van der Waals surface area contributed by atoms with Crippen molar-refractivity contribution in [3.8, 4) is 0 Å². The first-order chi connectivity index (χ1) is 6.97. The Labute approximate surface area is 93.8 Å². The molecule has 0 unspecified atom stereocenters. The Hall–Kier alpha value is 0.100. The number of hydrogen-bond donors (Lipinski definition) is 1. The van der Waals surface area contributed by atoms with Crippen LogP contribution in [0.15, 0.2) is 0 Å². The molecule has 1 nitrogen and oxygen atoms in total. The van der Waals surface area contributed by atoms with E-state index in [2.05, 4.69) is 12.6 Å². The minimum atomic E-state index is -4.11. The summed E-state index contributed by atoms with van der Waals surface area (Å²) in [6.45, 7) is 0.200. The van der Waals surface area contributed by atoms with Gasteiger partial charge in [0.15, 0.2) is 0 Å². The van der Waals surface area contributed by atoms with E-state index in [9.17, 15) is 13.2 Å². The summed E-state index contributed by atoms with van der Waals surface area (Å²) >= 11 is 4.26. The third kappa shape index (κ3) is 4.64. The van der Waals surface area contributed by atoms with E-state index in [0.717, 1.165) is 25.7 Å². The fraction of sp³-hybridized carbons (Fsp3) is 1.00. The van der Waals surface area contributed by atoms with Gasteiger partial charge in [-0.3, -0.25) is 0 Å². The molecule has 1 aliphatic carbocycles. The van der Waals surface area contributed by atoms with E-state index in [4.69, 9.17) is 4.74 Å². The molecule has 90 valence electrons. The Balaban J connectivity index is 2.18. The van der Waals surface area contributed by atoms with Gasteiger partial charge in [-0.05, 0) is 18.6 Å². The van der Waals surface area contributed by atoms with Crippen LogP contribution in [0.25, 0.3) is 0 Å². The Morgan fingerprint density at radius 3 is 2.27 bits per heavy atom. The minimum Gasteiger partial charge on any atom is -0.380 e. The molecule has 0 aromatic rings. The van der Waals surface area contributed by atoms with Crippen molar-refractivity contribution in [2.75, 3.05) is 19.0 Å². The molecule has 0 aromatic heterocycles. The van der Waals surface area contributed by atoms with Crippen molar-refractivity contribution in [2.45, 2.75) is 38.3 Å². The van der Waals surface area contributed by atoms with Gasteiger partial charge in [-0.2, -0.15) is 25.8 Å². The fourth-order valence-electron chi connectivity index (χ4n) is 1.95. The predicted octanol–water partition coefficient (Wildman–Crippen LogP) is 3.45. The SMILES string of the molecule is FC(F)(F)CCOCC1(CS)CCCC1. The predicted molar refractivity (Wildman–Crippen MR) is 56.2 cm³/mol. The lowest BCUT2D eigenvalue weighted by Gasteiger charge is -2.26. The normalized spacial score (nSPS) is 20.8. The highest BCUT2D eigenvalue weighted by molar-refractivity contribution is 7.80. The molecule has 0 bridgehead atoms. The molecule has 0 spiro atoms. The van der Waals surface area contributed by atoms with Crippen LogP contribution in [0.4, 0.5) is 13.2 Å². The second-order valence-corrected chi connectivity index (χ2v) is 4.60. The lowest BCUT2D eigenvalue weighted by molar-refractivity contribution is -0.147. The maximum absolute atomic E-state index is 11.8. The van der Waals surface area contributed by atoms with Gasteiger partial charge >= 0.3 is 6.18 Å². The quantitative estimate of drug-likeness (QED) is 0.574. The minimum absolute atomic E-state index is 0.0364. The second kappa shape index (κ2) is 5.43. The summed E-state index contributed by atoms with van der Waals surface area (Å²) in [7, 11) is 0. The number of ether oxygens (including phenoxy) is 1. The zero-order valence-corrected chi connectivity index (χ0v) is 9.54. The average molecular weight is 242 g/mol. The van der Waals surface area contributed by atoms with Gasteiger partial charge in [0, 0.05) is 5.41 Å². The van der Waals surface area contributed by atoms with Gasteiger partial charge in [0.25, 0.3) is 0 Å². The van der Waals surface area contributed by atoms with Crippen LogP contribution < -0.4 is 0 Å². The molecule has 0 atom stereocenters. The highest BCUT2D eigenvalue weighted by Crippen LogP contribution is 2.39. The van der Waals surface area contributed by atoms with Gasteiger partial charge in [0.05, 0.1) is 19.6 Å². The topological polar surface area (TPSA) is 9.23 Å². The van der Waals surface area contributed by atoms with Crippen LogP contribution in [-0.4, -0.2) is 25.1 Å². The van der Waals surface area contributed by atoms with Crippen molar-refractivity contribution in [1.82, 2.24) is 0 Å². The molecule has 0 N–H and O–H groups in total. The number of rotatable bonds is 5. The molecule has 5 heteroatoms. The summed E-state index contributed by atoms with van der Waals surface area (Å²) in [5.41, 5.74) is 0.0364. The van der Waals surface area contributed by atoms with Crippen molar-refractivity contribution in [3.05, 3.63) is 0 Å². The van der Waals surface area contributed by atoms with E-state index >= 15 is 0 Å². The van der Waals surface area contributed by atoms with Crippen LogP contribution in [0, 0.1) is 5.41 Å². The van der Waals surface area contributed by atoms with Gasteiger partial charge < -0.3 is 4.74 Å². The van der Waals surface area contributed by atoms with Crippen molar-refractivity contribution in [2.24, 2.45) is 5.41 Å². The van der Waals surface area contributed by atoms with E-state index in [1.165, 1.54) is 0 Å². The molecular formula is C10H17F3OS. The van der Waals surface area contributed by atoms with E-state index in [1.807, 2.05) is 0 Å². The third-order valence-corrected chi connectivity index (χ3v) is 3.61. The van der Waals surface area contributed by atoms with Gasteiger partial charge in [-0.1, -0.05) is 12.8 Å². The van der Waals surface area contributed by atoms with E-state index in [1.54, 1.807) is 0 Å². The highest BCUT2D eigenvalue weighted by atomic mass is 32.1. The van der Waals surface area contributed by atoms with Crippen molar-refractivity contribution >= 4 is 12.6 Å². The fourth-order valence-corrected chi connectivity index (χ4v) is 2.36. The summed E-state index contributed by atoms with van der Waals surface area (Å²) < 4.78 is 40.6. The number of hydrogen-bond acceptors (Lipinski definition) is 2. The maximum atomic E-state index is 11.8. The van der Waals surface area contributed by atoms with E-state index in [0.29, 0.717) is 12.4 Å². The van der Waals surface area contributed by atoms with Crippen LogP contribution in [0.2, 0.25) is 0 Å². The molecule has 1 saturated carbocycles. The summed E-state index contributed by atoms with van der Waals surface area (Å²) in [4.78, 5) is 0. The average Bonchev–Trinajstić information content (AvgIpc) is 2.60. The Morgan fingerprint density at radius 1 is 1.20 bits per heavy atom. The molecular weight excluding hydrogens is 225 g/mol. The number of alkyl halides is 3. The van der Waals surface area contributed by atoms with Gasteiger partial charge in [0.2, 0.25) is 0 Å². The van der Waals surface area contributed by atoms with Crippen LogP contribution in [0.3, 0.4) is 0 Å². The van der Waals surface area contributed by atoms with Crippen LogP contribution in [-0.2, 0) is 4.74 Å².